The van der Waals surface area contributed by atoms with E-state index >= 15 is 0 Å². The molecule has 0 bridgehead atoms. The lowest BCUT2D eigenvalue weighted by molar-refractivity contribution is 0.121. The van der Waals surface area contributed by atoms with Gasteiger partial charge >= 0.3 is 0 Å². The molecule has 4 aromatic rings. The number of anilines is 1. The van der Waals surface area contributed by atoms with Crippen LogP contribution in [-0.4, -0.2) is 40.9 Å². The molecule has 0 atom stereocenters. The summed E-state index contributed by atoms with van der Waals surface area (Å²) in [5.41, 5.74) is 2.98. The topological polar surface area (TPSA) is 72.9 Å². The highest BCUT2D eigenvalue weighted by atomic mass is 16.5. The Morgan fingerprint density at radius 1 is 1.08 bits per heavy atom. The molecule has 7 nitrogen and oxygen atoms in total. The van der Waals surface area contributed by atoms with Crippen LogP contribution in [0, 0.1) is 0 Å². The number of fused-ring (bicyclic) bond motifs is 2. The summed E-state index contributed by atoms with van der Waals surface area (Å²) in [6.07, 6.45) is 3.47. The Hall–Kier alpha value is -3.19. The zero-order valence-electron chi connectivity index (χ0n) is 14.0. The van der Waals surface area contributed by atoms with E-state index in [1.807, 2.05) is 35.2 Å². The molecule has 0 amide bonds. The molecule has 0 aliphatic carbocycles. The molecule has 0 N–H and O–H groups in total. The van der Waals surface area contributed by atoms with E-state index in [0.29, 0.717) is 30.1 Å². The molecule has 0 unspecified atom stereocenters. The molecule has 7 heteroatoms. The van der Waals surface area contributed by atoms with Crippen LogP contribution in [0.1, 0.15) is 0 Å². The summed E-state index contributed by atoms with van der Waals surface area (Å²) < 4.78 is 13.1. The Balaban J connectivity index is 1.62. The third-order valence-corrected chi connectivity index (χ3v) is 4.61. The van der Waals surface area contributed by atoms with E-state index in [-0.39, 0.29) is 5.43 Å². The summed E-state index contributed by atoms with van der Waals surface area (Å²) >= 11 is 0. The standard InChI is InChI=1S/C19H16N4O3/c24-16-11-19(22-6-8-25-9-7-22)26-17-4-3-13(10-14(16)17)15-12-20-18-2-1-5-21-23(15)18/h1-5,10-12H,6-9H2. The molecule has 26 heavy (non-hydrogen) atoms. The Bertz CT molecular complexity index is 1160. The van der Waals surface area contributed by atoms with Crippen molar-refractivity contribution >= 4 is 22.5 Å². The normalized spacial score (nSPS) is 15.0. The van der Waals surface area contributed by atoms with E-state index in [2.05, 4.69) is 10.1 Å². The minimum atomic E-state index is -0.0589. The Morgan fingerprint density at radius 3 is 2.85 bits per heavy atom. The van der Waals surface area contributed by atoms with E-state index in [4.69, 9.17) is 9.15 Å². The summed E-state index contributed by atoms with van der Waals surface area (Å²) in [6, 6.07) is 10.9. The van der Waals surface area contributed by atoms with E-state index in [1.165, 1.54) is 0 Å². The molecule has 130 valence electrons. The number of benzene rings is 1. The highest BCUT2D eigenvalue weighted by Gasteiger charge is 2.16. The van der Waals surface area contributed by atoms with Crippen molar-refractivity contribution < 1.29 is 9.15 Å². The number of aromatic nitrogens is 3. The summed E-state index contributed by atoms with van der Waals surface area (Å²) in [6.45, 7) is 2.73. The maximum Gasteiger partial charge on any atom is 0.200 e. The molecule has 1 aliphatic heterocycles. The monoisotopic (exact) mass is 348 g/mol. The van der Waals surface area contributed by atoms with Crippen molar-refractivity contribution in [3.05, 3.63) is 59.0 Å². The highest BCUT2D eigenvalue weighted by Crippen LogP contribution is 2.26. The molecule has 0 radical (unpaired) electrons. The lowest BCUT2D eigenvalue weighted by Crippen LogP contribution is -2.36. The Morgan fingerprint density at radius 2 is 1.96 bits per heavy atom. The van der Waals surface area contributed by atoms with Gasteiger partial charge in [-0.2, -0.15) is 5.10 Å². The third kappa shape index (κ3) is 2.44. The van der Waals surface area contributed by atoms with Crippen molar-refractivity contribution in [1.29, 1.82) is 0 Å². The fourth-order valence-electron chi connectivity index (χ4n) is 3.27. The SMILES string of the molecule is O=c1cc(N2CCOCC2)oc2ccc(-c3cnc4cccnn34)cc12. The molecule has 1 saturated heterocycles. The van der Waals surface area contributed by atoms with Crippen molar-refractivity contribution in [1.82, 2.24) is 14.6 Å². The van der Waals surface area contributed by atoms with Gasteiger partial charge in [0.25, 0.3) is 0 Å². The molecule has 1 aliphatic rings. The number of rotatable bonds is 2. The van der Waals surface area contributed by atoms with Crippen molar-refractivity contribution in [3.63, 3.8) is 0 Å². The second-order valence-electron chi connectivity index (χ2n) is 6.20. The van der Waals surface area contributed by atoms with Gasteiger partial charge in [-0.1, -0.05) is 0 Å². The molecular weight excluding hydrogens is 332 g/mol. The quantitative estimate of drug-likeness (QED) is 0.554. The van der Waals surface area contributed by atoms with Gasteiger partial charge in [-0.15, -0.1) is 0 Å². The summed E-state index contributed by atoms with van der Waals surface area (Å²) in [4.78, 5) is 19.1. The molecule has 1 aromatic carbocycles. The Labute approximate surface area is 148 Å². The maximum atomic E-state index is 12.7. The molecule has 4 heterocycles. The van der Waals surface area contributed by atoms with E-state index in [0.717, 1.165) is 30.0 Å². The number of morpholine rings is 1. The number of hydrogen-bond acceptors (Lipinski definition) is 6. The van der Waals surface area contributed by atoms with Crippen LogP contribution < -0.4 is 10.3 Å². The van der Waals surface area contributed by atoms with Crippen LogP contribution in [0.2, 0.25) is 0 Å². The van der Waals surface area contributed by atoms with Gasteiger partial charge < -0.3 is 14.1 Å². The average Bonchev–Trinajstić information content (AvgIpc) is 3.12. The zero-order valence-corrected chi connectivity index (χ0v) is 14.0. The molecule has 3 aromatic heterocycles. The minimum Gasteiger partial charge on any atom is -0.440 e. The van der Waals surface area contributed by atoms with Gasteiger partial charge in [0.2, 0.25) is 0 Å². The summed E-state index contributed by atoms with van der Waals surface area (Å²) in [5.74, 6) is 0.593. The number of ether oxygens (including phenoxy) is 1. The van der Waals surface area contributed by atoms with Gasteiger partial charge in [-0.3, -0.25) is 4.79 Å². The van der Waals surface area contributed by atoms with Gasteiger partial charge in [0.1, 0.15) is 5.58 Å². The van der Waals surface area contributed by atoms with Crippen molar-refractivity contribution in [2.75, 3.05) is 31.2 Å². The smallest absolute Gasteiger partial charge is 0.200 e. The number of imidazole rings is 1. The Kier molecular flexibility index (Phi) is 3.46. The fourth-order valence-corrected chi connectivity index (χ4v) is 3.27. The van der Waals surface area contributed by atoms with E-state index in [1.54, 1.807) is 23.0 Å². The van der Waals surface area contributed by atoms with Crippen LogP contribution >= 0.6 is 0 Å². The van der Waals surface area contributed by atoms with Gasteiger partial charge in [-0.05, 0) is 30.3 Å². The number of hydrogen-bond donors (Lipinski definition) is 0. The highest BCUT2D eigenvalue weighted by molar-refractivity contribution is 5.83. The van der Waals surface area contributed by atoms with Gasteiger partial charge in [0, 0.05) is 30.9 Å². The van der Waals surface area contributed by atoms with Crippen LogP contribution in [0.5, 0.6) is 0 Å². The lowest BCUT2D eigenvalue weighted by atomic mass is 10.1. The first-order valence-corrected chi connectivity index (χ1v) is 8.49. The maximum absolute atomic E-state index is 12.7. The number of nitrogens with zero attached hydrogens (tertiary/aromatic N) is 4. The predicted molar refractivity (Wildman–Crippen MR) is 97.5 cm³/mol. The molecule has 1 fully saturated rings. The molecule has 0 spiro atoms. The van der Waals surface area contributed by atoms with Crippen molar-refractivity contribution in [2.24, 2.45) is 0 Å². The van der Waals surface area contributed by atoms with Crippen molar-refractivity contribution in [3.8, 4) is 11.3 Å². The van der Waals surface area contributed by atoms with Crippen molar-refractivity contribution in [2.45, 2.75) is 0 Å². The first-order valence-electron chi connectivity index (χ1n) is 8.49. The summed E-state index contributed by atoms with van der Waals surface area (Å²) in [5, 5.41) is 4.88. The molecular formula is C19H16N4O3. The van der Waals surface area contributed by atoms with E-state index in [9.17, 15) is 4.79 Å². The second-order valence-corrected chi connectivity index (χ2v) is 6.20. The van der Waals surface area contributed by atoms with Gasteiger partial charge in [-0.25, -0.2) is 9.50 Å². The van der Waals surface area contributed by atoms with Gasteiger partial charge in [0.05, 0.1) is 30.5 Å². The zero-order chi connectivity index (χ0) is 17.5. The van der Waals surface area contributed by atoms with Gasteiger partial charge in [0.15, 0.2) is 17.0 Å². The lowest BCUT2D eigenvalue weighted by Gasteiger charge is -2.27. The van der Waals surface area contributed by atoms with E-state index < -0.39 is 0 Å². The van der Waals surface area contributed by atoms with Crippen LogP contribution in [0.25, 0.3) is 27.9 Å². The van der Waals surface area contributed by atoms with Crippen LogP contribution in [0.15, 0.2) is 58.0 Å². The first-order chi connectivity index (χ1) is 12.8. The first kappa shape index (κ1) is 15.1. The minimum absolute atomic E-state index is 0.0589. The predicted octanol–water partition coefficient (Wildman–Crippen LogP) is 2.34. The summed E-state index contributed by atoms with van der Waals surface area (Å²) in [7, 11) is 0. The van der Waals surface area contributed by atoms with Crippen LogP contribution in [0.3, 0.4) is 0 Å². The largest absolute Gasteiger partial charge is 0.440 e. The average molecular weight is 348 g/mol. The fraction of sp³-hybridized carbons (Fsp3) is 0.211. The second kappa shape index (κ2) is 5.96. The molecule has 0 saturated carbocycles. The third-order valence-electron chi connectivity index (χ3n) is 4.61. The van der Waals surface area contributed by atoms with Crippen LogP contribution in [0.4, 0.5) is 5.88 Å². The molecule has 5 rings (SSSR count). The van der Waals surface area contributed by atoms with Crippen LogP contribution in [-0.2, 0) is 4.74 Å².